The molecule has 1 fully saturated rings. The van der Waals surface area contributed by atoms with Crippen molar-refractivity contribution in [2.75, 3.05) is 19.7 Å². The van der Waals surface area contributed by atoms with E-state index in [1.165, 1.54) is 17.8 Å². The summed E-state index contributed by atoms with van der Waals surface area (Å²) in [6.45, 7) is 6.69. The molecule has 0 unspecified atom stereocenters. The van der Waals surface area contributed by atoms with E-state index in [9.17, 15) is 9.50 Å². The number of aliphatic hydroxyl groups is 1. The number of aliphatic hydroxyl groups excluding tert-OH is 1. The van der Waals surface area contributed by atoms with Crippen LogP contribution < -0.4 is 4.74 Å². The monoisotopic (exact) mass is 347 g/mol. The third kappa shape index (κ3) is 4.80. The predicted octanol–water partition coefficient (Wildman–Crippen LogP) is 2.54. The topological polar surface area (TPSA) is 50.5 Å². The minimum absolute atomic E-state index is 0.203. The normalized spacial score (nSPS) is 19.3. The van der Waals surface area contributed by atoms with E-state index in [0.29, 0.717) is 18.3 Å². The lowest BCUT2D eigenvalue weighted by atomic mass is 10.2. The van der Waals surface area contributed by atoms with Crippen LogP contribution in [0.5, 0.6) is 5.75 Å². The molecule has 1 aromatic carbocycles. The number of nitrogens with zero attached hydrogens (tertiary/aromatic N) is 3. The molecule has 1 saturated heterocycles. The van der Waals surface area contributed by atoms with Crippen LogP contribution in [0.15, 0.2) is 30.3 Å². The molecular weight excluding hydrogens is 321 g/mol. The highest BCUT2D eigenvalue weighted by atomic mass is 19.1. The lowest BCUT2D eigenvalue weighted by molar-refractivity contribution is 0.0608. The quantitative estimate of drug-likeness (QED) is 0.836. The minimum Gasteiger partial charge on any atom is -0.491 e. The van der Waals surface area contributed by atoms with Crippen LogP contribution in [0.4, 0.5) is 4.39 Å². The summed E-state index contributed by atoms with van der Waals surface area (Å²) in [7, 11) is 0. The zero-order valence-electron chi connectivity index (χ0n) is 14.9. The van der Waals surface area contributed by atoms with Crippen LogP contribution in [0.3, 0.4) is 0 Å². The Hall–Kier alpha value is -1.92. The molecule has 0 bridgehead atoms. The fourth-order valence-electron chi connectivity index (χ4n) is 3.45. The van der Waals surface area contributed by atoms with Crippen molar-refractivity contribution in [1.29, 1.82) is 0 Å². The summed E-state index contributed by atoms with van der Waals surface area (Å²) in [5.41, 5.74) is 2.21. The molecule has 2 aromatic rings. The van der Waals surface area contributed by atoms with Gasteiger partial charge in [0.05, 0.1) is 12.2 Å². The van der Waals surface area contributed by atoms with E-state index in [0.717, 1.165) is 31.6 Å². The molecule has 5 nitrogen and oxygen atoms in total. The van der Waals surface area contributed by atoms with Crippen molar-refractivity contribution in [3.05, 3.63) is 47.5 Å². The first kappa shape index (κ1) is 17.9. The Kier molecular flexibility index (Phi) is 5.71. The van der Waals surface area contributed by atoms with Crippen LogP contribution in [-0.4, -0.2) is 51.6 Å². The summed E-state index contributed by atoms with van der Waals surface area (Å²) >= 11 is 0. The van der Waals surface area contributed by atoms with E-state index in [-0.39, 0.29) is 12.4 Å². The Morgan fingerprint density at radius 2 is 2.08 bits per heavy atom. The Morgan fingerprint density at radius 1 is 1.32 bits per heavy atom. The molecule has 2 atom stereocenters. The van der Waals surface area contributed by atoms with E-state index < -0.39 is 6.10 Å². The molecule has 0 radical (unpaired) electrons. The molecule has 2 heterocycles. The number of hydrogen-bond acceptors (Lipinski definition) is 4. The molecule has 6 heteroatoms. The lowest BCUT2D eigenvalue weighted by Gasteiger charge is -2.27. The second-order valence-corrected chi connectivity index (χ2v) is 6.82. The fourth-order valence-corrected chi connectivity index (χ4v) is 3.45. The number of halogens is 1. The maximum Gasteiger partial charge on any atom is 0.123 e. The smallest absolute Gasteiger partial charge is 0.123 e. The predicted molar refractivity (Wildman–Crippen MR) is 94.2 cm³/mol. The number of benzene rings is 1. The van der Waals surface area contributed by atoms with Gasteiger partial charge in [-0.05, 0) is 63.6 Å². The Balaban J connectivity index is 1.50. The van der Waals surface area contributed by atoms with Crippen LogP contribution in [-0.2, 0) is 6.54 Å². The zero-order valence-corrected chi connectivity index (χ0v) is 14.9. The number of β-amino-alcohol motifs (C(OH)–C–C–N with tert-alkyl or cyclic N) is 1. The van der Waals surface area contributed by atoms with Crippen molar-refractivity contribution in [2.45, 2.75) is 45.4 Å². The van der Waals surface area contributed by atoms with Crippen molar-refractivity contribution in [3.8, 4) is 5.75 Å². The SMILES string of the molecule is Cc1cc(C)n(C[C@@H]2CCCN2C[C@H](O)COc2ccc(F)cc2)n1. The minimum atomic E-state index is -0.578. The number of rotatable bonds is 7. The summed E-state index contributed by atoms with van der Waals surface area (Å²) in [6, 6.07) is 8.33. The van der Waals surface area contributed by atoms with Crippen molar-refractivity contribution < 1.29 is 14.2 Å². The third-order valence-electron chi connectivity index (χ3n) is 4.69. The molecule has 136 valence electrons. The van der Waals surface area contributed by atoms with Crippen LogP contribution in [0, 0.1) is 19.7 Å². The van der Waals surface area contributed by atoms with Crippen molar-refractivity contribution >= 4 is 0 Å². The average Bonchev–Trinajstić information content (AvgIpc) is 3.13. The molecule has 1 aliphatic heterocycles. The Bertz CT molecular complexity index is 686. The van der Waals surface area contributed by atoms with Gasteiger partial charge in [-0.3, -0.25) is 9.58 Å². The van der Waals surface area contributed by atoms with E-state index >= 15 is 0 Å². The van der Waals surface area contributed by atoms with Gasteiger partial charge in [-0.15, -0.1) is 0 Å². The standard InChI is InChI=1S/C19H26FN3O2/c1-14-10-15(2)23(21-14)11-17-4-3-9-22(17)12-18(24)13-25-19-7-5-16(20)6-8-19/h5-8,10,17-18,24H,3-4,9,11-13H2,1-2H3/t17-,18-/m0/s1. The molecule has 0 spiro atoms. The van der Waals surface area contributed by atoms with E-state index in [2.05, 4.69) is 27.7 Å². The number of likely N-dealkylation sites (tertiary alicyclic amines) is 1. The van der Waals surface area contributed by atoms with Gasteiger partial charge in [0.25, 0.3) is 0 Å². The summed E-state index contributed by atoms with van der Waals surface area (Å²) in [5, 5.41) is 14.8. The molecular formula is C19H26FN3O2. The van der Waals surface area contributed by atoms with Gasteiger partial charge in [-0.2, -0.15) is 5.10 Å². The third-order valence-corrected chi connectivity index (χ3v) is 4.69. The number of aryl methyl sites for hydroxylation is 2. The number of hydrogen-bond donors (Lipinski definition) is 1. The largest absolute Gasteiger partial charge is 0.491 e. The van der Waals surface area contributed by atoms with Crippen LogP contribution >= 0.6 is 0 Å². The van der Waals surface area contributed by atoms with Gasteiger partial charge in [0.2, 0.25) is 0 Å². The molecule has 3 rings (SSSR count). The van der Waals surface area contributed by atoms with Gasteiger partial charge in [0.15, 0.2) is 0 Å². The second-order valence-electron chi connectivity index (χ2n) is 6.82. The molecule has 1 aliphatic rings. The first-order valence-corrected chi connectivity index (χ1v) is 8.83. The molecule has 0 aliphatic carbocycles. The van der Waals surface area contributed by atoms with Gasteiger partial charge in [-0.25, -0.2) is 4.39 Å². The molecule has 1 N–H and O–H groups in total. The Labute approximate surface area is 148 Å². The summed E-state index contributed by atoms with van der Waals surface area (Å²) in [6.07, 6.45) is 1.67. The second kappa shape index (κ2) is 7.97. The summed E-state index contributed by atoms with van der Waals surface area (Å²) < 4.78 is 20.5. The van der Waals surface area contributed by atoms with Crippen LogP contribution in [0.2, 0.25) is 0 Å². The van der Waals surface area contributed by atoms with E-state index in [1.54, 1.807) is 12.1 Å². The fraction of sp³-hybridized carbons (Fsp3) is 0.526. The highest BCUT2D eigenvalue weighted by molar-refractivity contribution is 5.22. The summed E-state index contributed by atoms with van der Waals surface area (Å²) in [5.74, 6) is 0.276. The van der Waals surface area contributed by atoms with Crippen molar-refractivity contribution in [2.24, 2.45) is 0 Å². The highest BCUT2D eigenvalue weighted by Crippen LogP contribution is 2.20. The van der Waals surface area contributed by atoms with Crippen LogP contribution in [0.25, 0.3) is 0 Å². The van der Waals surface area contributed by atoms with Crippen LogP contribution in [0.1, 0.15) is 24.2 Å². The van der Waals surface area contributed by atoms with E-state index in [4.69, 9.17) is 4.74 Å². The molecule has 0 amide bonds. The van der Waals surface area contributed by atoms with Crippen molar-refractivity contribution in [3.63, 3.8) is 0 Å². The number of ether oxygens (including phenoxy) is 1. The molecule has 1 aromatic heterocycles. The summed E-state index contributed by atoms with van der Waals surface area (Å²) in [4.78, 5) is 2.31. The first-order valence-electron chi connectivity index (χ1n) is 8.83. The number of aromatic nitrogens is 2. The van der Waals surface area contributed by atoms with Gasteiger partial charge in [0.1, 0.15) is 24.3 Å². The Morgan fingerprint density at radius 3 is 2.76 bits per heavy atom. The first-order chi connectivity index (χ1) is 12.0. The maximum atomic E-state index is 12.9. The zero-order chi connectivity index (χ0) is 17.8. The van der Waals surface area contributed by atoms with Gasteiger partial charge in [-0.1, -0.05) is 0 Å². The van der Waals surface area contributed by atoms with Gasteiger partial charge >= 0.3 is 0 Å². The van der Waals surface area contributed by atoms with Gasteiger partial charge in [0, 0.05) is 18.3 Å². The molecule has 0 saturated carbocycles. The van der Waals surface area contributed by atoms with E-state index in [1.807, 2.05) is 6.92 Å². The lowest BCUT2D eigenvalue weighted by Crippen LogP contribution is -2.40. The maximum absolute atomic E-state index is 12.9. The van der Waals surface area contributed by atoms with Gasteiger partial charge < -0.3 is 9.84 Å². The van der Waals surface area contributed by atoms with Crippen molar-refractivity contribution in [1.82, 2.24) is 14.7 Å². The highest BCUT2D eigenvalue weighted by Gasteiger charge is 2.27. The molecule has 25 heavy (non-hydrogen) atoms. The average molecular weight is 347 g/mol.